The fourth-order valence-corrected chi connectivity index (χ4v) is 3.92. The van der Waals surface area contributed by atoms with E-state index in [4.69, 9.17) is 16.3 Å². The molecular formula is C26H20ClN3O6. The monoisotopic (exact) mass is 505 g/mol. The van der Waals surface area contributed by atoms with Crippen molar-refractivity contribution in [3.8, 4) is 5.75 Å². The number of halogens is 1. The molecule has 4 rings (SSSR count). The molecule has 0 aliphatic carbocycles. The molecular weight excluding hydrogens is 486 g/mol. The first-order valence-corrected chi connectivity index (χ1v) is 11.3. The lowest BCUT2D eigenvalue weighted by Crippen LogP contribution is -2.54. The summed E-state index contributed by atoms with van der Waals surface area (Å²) >= 11 is 6.16. The third-order valence-corrected chi connectivity index (χ3v) is 5.74. The molecule has 10 heteroatoms. The highest BCUT2D eigenvalue weighted by molar-refractivity contribution is 6.39. The van der Waals surface area contributed by atoms with Crippen molar-refractivity contribution in [3.05, 3.63) is 104 Å². The van der Waals surface area contributed by atoms with E-state index in [-0.39, 0.29) is 23.6 Å². The number of ether oxygens (including phenoxy) is 1. The van der Waals surface area contributed by atoms with Crippen LogP contribution in [0.2, 0.25) is 5.02 Å². The van der Waals surface area contributed by atoms with Gasteiger partial charge in [-0.3, -0.25) is 25.0 Å². The molecule has 3 aromatic rings. The summed E-state index contributed by atoms with van der Waals surface area (Å²) in [5.41, 5.74) is 1.67. The van der Waals surface area contributed by atoms with Gasteiger partial charge in [0, 0.05) is 22.7 Å². The van der Waals surface area contributed by atoms with Crippen molar-refractivity contribution in [1.29, 1.82) is 0 Å². The maximum absolute atomic E-state index is 13.3. The molecule has 1 aliphatic heterocycles. The summed E-state index contributed by atoms with van der Waals surface area (Å²) in [5, 5.41) is 13.6. The molecule has 9 nitrogen and oxygen atoms in total. The number of carbonyl (C=O) groups is 3. The van der Waals surface area contributed by atoms with E-state index < -0.39 is 22.8 Å². The van der Waals surface area contributed by atoms with Gasteiger partial charge < -0.3 is 4.74 Å². The maximum atomic E-state index is 13.3. The number of urea groups is 1. The number of barbiturate groups is 1. The van der Waals surface area contributed by atoms with Gasteiger partial charge in [0.15, 0.2) is 0 Å². The molecule has 1 aliphatic rings. The highest BCUT2D eigenvalue weighted by atomic mass is 35.5. The Hall–Kier alpha value is -4.50. The second kappa shape index (κ2) is 10.4. The quantitative estimate of drug-likeness (QED) is 0.207. The van der Waals surface area contributed by atoms with Crippen molar-refractivity contribution in [2.75, 3.05) is 4.90 Å². The Labute approximate surface area is 211 Å². The van der Waals surface area contributed by atoms with E-state index in [1.807, 2.05) is 6.92 Å². The molecule has 182 valence electrons. The SMILES string of the molecule is CCc1ccccc1N1C(=O)NC(=O)/C(=C/c2cc(Cl)ccc2OCc2cccc([N+](=O)[O-])c2)C1=O. The number of hydrogen-bond donors (Lipinski definition) is 1. The number of nitrogens with zero attached hydrogens (tertiary/aromatic N) is 2. The van der Waals surface area contributed by atoms with Crippen molar-refractivity contribution in [3.63, 3.8) is 0 Å². The average Bonchev–Trinajstić information content (AvgIpc) is 2.86. The zero-order chi connectivity index (χ0) is 25.8. The Bertz CT molecular complexity index is 1420. The molecule has 36 heavy (non-hydrogen) atoms. The summed E-state index contributed by atoms with van der Waals surface area (Å²) in [7, 11) is 0. The van der Waals surface area contributed by atoms with Crippen LogP contribution in [0.25, 0.3) is 6.08 Å². The third kappa shape index (κ3) is 5.11. The molecule has 1 fully saturated rings. The summed E-state index contributed by atoms with van der Waals surface area (Å²) in [4.78, 5) is 50.0. The minimum Gasteiger partial charge on any atom is -0.488 e. The number of aryl methyl sites for hydroxylation is 1. The van der Waals surface area contributed by atoms with Gasteiger partial charge in [0.2, 0.25) is 0 Å². The van der Waals surface area contributed by atoms with E-state index in [1.165, 1.54) is 24.3 Å². The van der Waals surface area contributed by atoms with E-state index in [2.05, 4.69) is 5.32 Å². The topological polar surface area (TPSA) is 119 Å². The lowest BCUT2D eigenvalue weighted by Gasteiger charge is -2.28. The molecule has 1 saturated heterocycles. The van der Waals surface area contributed by atoms with Crippen LogP contribution in [0.5, 0.6) is 5.75 Å². The molecule has 0 bridgehead atoms. The highest BCUT2D eigenvalue weighted by Crippen LogP contribution is 2.30. The second-order valence-electron chi connectivity index (χ2n) is 7.84. The molecule has 0 aromatic heterocycles. The molecule has 0 radical (unpaired) electrons. The van der Waals surface area contributed by atoms with Gasteiger partial charge in [-0.25, -0.2) is 9.69 Å². The van der Waals surface area contributed by atoms with Gasteiger partial charge in [-0.15, -0.1) is 0 Å². The number of nitro groups is 1. The number of imide groups is 2. The number of nitro benzene ring substituents is 1. The average molecular weight is 506 g/mol. The van der Waals surface area contributed by atoms with Crippen LogP contribution in [0.4, 0.5) is 16.2 Å². The molecule has 1 heterocycles. The van der Waals surface area contributed by atoms with Crippen LogP contribution in [0.3, 0.4) is 0 Å². The number of anilines is 1. The van der Waals surface area contributed by atoms with Gasteiger partial charge in [0.1, 0.15) is 17.9 Å². The summed E-state index contributed by atoms with van der Waals surface area (Å²) in [6.07, 6.45) is 1.88. The number of amides is 4. The number of benzene rings is 3. The van der Waals surface area contributed by atoms with Gasteiger partial charge in [0.05, 0.1) is 10.6 Å². The minimum absolute atomic E-state index is 0.00584. The zero-order valence-electron chi connectivity index (χ0n) is 19.1. The summed E-state index contributed by atoms with van der Waals surface area (Å²) in [6.45, 7) is 1.89. The second-order valence-corrected chi connectivity index (χ2v) is 8.27. The summed E-state index contributed by atoms with van der Waals surface area (Å²) < 4.78 is 5.84. The number of hydrogen-bond acceptors (Lipinski definition) is 6. The fraction of sp³-hybridized carbons (Fsp3) is 0.115. The van der Waals surface area contributed by atoms with Crippen molar-refractivity contribution >= 4 is 46.9 Å². The fourth-order valence-electron chi connectivity index (χ4n) is 3.74. The Morgan fingerprint density at radius 1 is 1.06 bits per heavy atom. The smallest absolute Gasteiger partial charge is 0.335 e. The Kier molecular flexibility index (Phi) is 7.12. The number of carbonyl (C=O) groups excluding carboxylic acids is 3. The van der Waals surface area contributed by atoms with E-state index >= 15 is 0 Å². The maximum Gasteiger partial charge on any atom is 0.335 e. The number of nitrogens with one attached hydrogen (secondary N) is 1. The van der Waals surface area contributed by atoms with Crippen LogP contribution >= 0.6 is 11.6 Å². The van der Waals surface area contributed by atoms with Crippen LogP contribution in [-0.2, 0) is 22.6 Å². The van der Waals surface area contributed by atoms with Gasteiger partial charge in [0.25, 0.3) is 17.5 Å². The van der Waals surface area contributed by atoms with Gasteiger partial charge >= 0.3 is 6.03 Å². The van der Waals surface area contributed by atoms with E-state index in [0.717, 1.165) is 10.5 Å². The van der Waals surface area contributed by atoms with Gasteiger partial charge in [-0.2, -0.15) is 0 Å². The molecule has 4 amide bonds. The van der Waals surface area contributed by atoms with E-state index in [0.29, 0.717) is 28.3 Å². The lowest BCUT2D eigenvalue weighted by atomic mass is 10.0. The van der Waals surface area contributed by atoms with E-state index in [9.17, 15) is 24.5 Å². The normalized spacial score (nSPS) is 14.7. The minimum atomic E-state index is -0.847. The molecule has 0 spiro atoms. The van der Waals surface area contributed by atoms with Crippen molar-refractivity contribution < 1.29 is 24.0 Å². The van der Waals surface area contributed by atoms with Crippen LogP contribution in [0.1, 0.15) is 23.6 Å². The van der Waals surface area contributed by atoms with E-state index in [1.54, 1.807) is 48.5 Å². The summed E-state index contributed by atoms with van der Waals surface area (Å²) in [6, 6.07) is 16.7. The van der Waals surface area contributed by atoms with Crippen LogP contribution in [0.15, 0.2) is 72.3 Å². The van der Waals surface area contributed by atoms with Crippen molar-refractivity contribution in [2.24, 2.45) is 0 Å². The standard InChI is InChI=1S/C26H20ClN3O6/c1-2-17-7-3-4-9-22(17)29-25(32)21(24(31)28-26(29)33)14-18-13-19(27)10-11-23(18)36-15-16-6-5-8-20(12-16)30(34)35/h3-14H,2,15H2,1H3,(H,28,31,33)/b21-14-. The largest absolute Gasteiger partial charge is 0.488 e. The first-order chi connectivity index (χ1) is 17.3. The van der Waals surface area contributed by atoms with Gasteiger partial charge in [-0.05, 0) is 47.9 Å². The molecule has 0 unspecified atom stereocenters. The Morgan fingerprint density at radius 3 is 2.58 bits per heavy atom. The highest BCUT2D eigenvalue weighted by Gasteiger charge is 2.37. The first kappa shape index (κ1) is 24.6. The molecule has 3 aromatic carbocycles. The van der Waals surface area contributed by atoms with Crippen LogP contribution in [-0.4, -0.2) is 22.8 Å². The Balaban J connectivity index is 1.68. The molecule has 0 saturated carbocycles. The predicted octanol–water partition coefficient (Wildman–Crippen LogP) is 5.06. The number of non-ortho nitro benzene ring substituents is 1. The first-order valence-electron chi connectivity index (χ1n) is 10.9. The van der Waals surface area contributed by atoms with Crippen molar-refractivity contribution in [2.45, 2.75) is 20.0 Å². The van der Waals surface area contributed by atoms with Crippen molar-refractivity contribution in [1.82, 2.24) is 5.32 Å². The molecule has 1 N–H and O–H groups in total. The summed E-state index contributed by atoms with van der Waals surface area (Å²) in [5.74, 6) is -1.34. The zero-order valence-corrected chi connectivity index (χ0v) is 19.8. The number of rotatable bonds is 7. The lowest BCUT2D eigenvalue weighted by molar-refractivity contribution is -0.384. The predicted molar refractivity (Wildman–Crippen MR) is 134 cm³/mol. The molecule has 0 atom stereocenters. The van der Waals surface area contributed by atoms with Crippen LogP contribution < -0.4 is 15.0 Å². The van der Waals surface area contributed by atoms with Crippen LogP contribution in [0, 0.1) is 10.1 Å². The third-order valence-electron chi connectivity index (χ3n) is 5.50. The number of para-hydroxylation sites is 1. The van der Waals surface area contributed by atoms with Gasteiger partial charge in [-0.1, -0.05) is 48.9 Å². The Morgan fingerprint density at radius 2 is 1.83 bits per heavy atom.